The van der Waals surface area contributed by atoms with E-state index in [1.807, 2.05) is 24.3 Å². The lowest BCUT2D eigenvalue weighted by Crippen LogP contribution is -2.45. The van der Waals surface area contributed by atoms with Crippen LogP contribution in [-0.2, 0) is 0 Å². The molecule has 4 rings (SSSR count). The van der Waals surface area contributed by atoms with Gasteiger partial charge in [-0.1, -0.05) is 0 Å². The third-order valence-electron chi connectivity index (χ3n) is 4.47. The Morgan fingerprint density at radius 2 is 1.03 bits per heavy atom. The number of anilines is 2. The molecule has 0 fully saturated rings. The third kappa shape index (κ3) is 6.50. The van der Waals surface area contributed by atoms with Crippen molar-refractivity contribution in [2.24, 2.45) is 9.98 Å². The monoisotopic (exact) mass is 478 g/mol. The molecule has 2 aromatic carbocycles. The summed E-state index contributed by atoms with van der Waals surface area (Å²) in [5, 5.41) is 11.7. The zero-order valence-electron chi connectivity index (χ0n) is 17.0. The first kappa shape index (κ1) is 24.8. The number of aliphatic imine (C=N–C) groups is 2. The fourth-order valence-corrected chi connectivity index (χ4v) is 3.04. The maximum Gasteiger partial charge on any atom is 0.337 e. The molecule has 0 spiro atoms. The number of hydrazine groups is 1. The average Bonchev–Trinajstić information content (AvgIpc) is 3.48. The molecule has 0 aliphatic carbocycles. The minimum Gasteiger partial charge on any atom is -0.368 e. The number of halogens is 2. The number of nitrogens with one attached hydrogen (secondary N) is 6. The number of hydrogen-bond donors (Lipinski definition) is 6. The normalized spacial score (nSPS) is 13.8. The Morgan fingerprint density at radius 1 is 0.656 bits per heavy atom. The number of amidine groups is 2. The molecule has 2 aliphatic heterocycles. The first-order chi connectivity index (χ1) is 14.7. The molecule has 2 heterocycles. The quantitative estimate of drug-likeness (QED) is 0.375. The van der Waals surface area contributed by atoms with E-state index in [2.05, 4.69) is 42.1 Å². The number of carbonyl (C=O) groups excluding carboxylic acids is 2. The number of rotatable bonds is 4. The summed E-state index contributed by atoms with van der Waals surface area (Å²) in [5.41, 5.74) is 7.70. The van der Waals surface area contributed by atoms with E-state index in [1.165, 1.54) is 0 Å². The van der Waals surface area contributed by atoms with Crippen LogP contribution in [0.25, 0.3) is 0 Å². The molecule has 0 aromatic heterocycles. The lowest BCUT2D eigenvalue weighted by atomic mass is 10.2. The van der Waals surface area contributed by atoms with Crippen LogP contribution in [0, 0.1) is 0 Å². The van der Waals surface area contributed by atoms with E-state index >= 15 is 0 Å². The number of urea groups is 2. The zero-order chi connectivity index (χ0) is 20.8. The highest BCUT2D eigenvalue weighted by molar-refractivity contribution is 6.01. The van der Waals surface area contributed by atoms with Crippen LogP contribution in [0.1, 0.15) is 11.1 Å². The van der Waals surface area contributed by atoms with Crippen molar-refractivity contribution in [1.82, 2.24) is 21.5 Å². The molecule has 0 saturated carbocycles. The summed E-state index contributed by atoms with van der Waals surface area (Å²) in [6, 6.07) is 13.4. The maximum atomic E-state index is 12.0. The van der Waals surface area contributed by atoms with E-state index < -0.39 is 12.1 Å². The molecular formula is C20H24Cl2N8O2. The highest BCUT2D eigenvalue weighted by Crippen LogP contribution is 2.12. The number of nitrogens with zero attached hydrogens (tertiary/aromatic N) is 2. The van der Waals surface area contributed by atoms with Crippen molar-refractivity contribution in [3.63, 3.8) is 0 Å². The van der Waals surface area contributed by atoms with Gasteiger partial charge in [-0.15, -0.1) is 24.8 Å². The van der Waals surface area contributed by atoms with Gasteiger partial charge < -0.3 is 21.3 Å². The fraction of sp³-hybridized carbons (Fsp3) is 0.200. The van der Waals surface area contributed by atoms with Gasteiger partial charge in [0.1, 0.15) is 11.7 Å². The molecule has 0 saturated heterocycles. The van der Waals surface area contributed by atoms with E-state index in [4.69, 9.17) is 0 Å². The van der Waals surface area contributed by atoms with Crippen molar-refractivity contribution in [2.75, 3.05) is 36.8 Å². The molecule has 10 nitrogen and oxygen atoms in total. The summed E-state index contributed by atoms with van der Waals surface area (Å²) in [7, 11) is 0. The highest BCUT2D eigenvalue weighted by atomic mass is 35.5. The maximum absolute atomic E-state index is 12.0. The summed E-state index contributed by atoms with van der Waals surface area (Å²) >= 11 is 0. The summed E-state index contributed by atoms with van der Waals surface area (Å²) in [6.45, 7) is 3.20. The van der Waals surface area contributed by atoms with Crippen molar-refractivity contribution >= 4 is 59.9 Å². The van der Waals surface area contributed by atoms with E-state index in [9.17, 15) is 9.59 Å². The van der Waals surface area contributed by atoms with Gasteiger partial charge in [-0.25, -0.2) is 20.4 Å². The molecule has 6 N–H and O–H groups in total. The molecule has 2 aliphatic rings. The number of carbonyl (C=O) groups is 2. The van der Waals surface area contributed by atoms with Crippen LogP contribution in [0.5, 0.6) is 0 Å². The van der Waals surface area contributed by atoms with E-state index in [0.717, 1.165) is 49.0 Å². The van der Waals surface area contributed by atoms with Gasteiger partial charge >= 0.3 is 12.1 Å². The molecule has 0 radical (unpaired) electrons. The first-order valence-corrected chi connectivity index (χ1v) is 9.59. The van der Waals surface area contributed by atoms with Gasteiger partial charge in [0.15, 0.2) is 0 Å². The summed E-state index contributed by atoms with van der Waals surface area (Å²) in [4.78, 5) is 32.7. The smallest absolute Gasteiger partial charge is 0.337 e. The standard InChI is InChI=1S/C20H22N8O2.2ClH/c29-19(25-15-5-1-13(2-6-15)17-21-9-10-22-17)27-28-20(30)26-16-7-3-14(4-8-16)18-23-11-12-24-18;;/h1-8H,9-12H2,(H,21,22)(H,23,24)(H2,25,27,29)(H2,26,28,30);2*1H. The Hall–Kier alpha value is -3.50. The molecule has 32 heavy (non-hydrogen) atoms. The predicted molar refractivity (Wildman–Crippen MR) is 131 cm³/mol. The number of benzene rings is 2. The van der Waals surface area contributed by atoms with Crippen molar-refractivity contribution in [1.29, 1.82) is 0 Å². The predicted octanol–water partition coefficient (Wildman–Crippen LogP) is 2.09. The van der Waals surface area contributed by atoms with Crippen molar-refractivity contribution < 1.29 is 9.59 Å². The van der Waals surface area contributed by atoms with Gasteiger partial charge in [-0.05, 0) is 48.5 Å². The van der Waals surface area contributed by atoms with Gasteiger partial charge in [0.05, 0.1) is 13.1 Å². The Labute approximate surface area is 197 Å². The molecule has 0 atom stereocenters. The van der Waals surface area contributed by atoms with Gasteiger partial charge in [0.25, 0.3) is 0 Å². The Kier molecular flexibility index (Phi) is 9.11. The second-order valence-electron chi connectivity index (χ2n) is 6.63. The summed E-state index contributed by atoms with van der Waals surface area (Å²) in [5.74, 6) is 1.70. The van der Waals surface area contributed by atoms with Gasteiger partial charge in [-0.3, -0.25) is 9.98 Å². The van der Waals surface area contributed by atoms with E-state index in [-0.39, 0.29) is 24.8 Å². The molecule has 0 unspecified atom stereocenters. The summed E-state index contributed by atoms with van der Waals surface area (Å²) in [6.07, 6.45) is 0. The van der Waals surface area contributed by atoms with Crippen molar-refractivity contribution in [3.8, 4) is 0 Å². The van der Waals surface area contributed by atoms with Crippen molar-refractivity contribution in [2.45, 2.75) is 0 Å². The van der Waals surface area contributed by atoms with Crippen LogP contribution in [-0.4, -0.2) is 49.9 Å². The Balaban J connectivity index is 0.00000181. The van der Waals surface area contributed by atoms with Crippen molar-refractivity contribution in [3.05, 3.63) is 59.7 Å². The minimum atomic E-state index is -0.560. The van der Waals surface area contributed by atoms with Crippen LogP contribution in [0.2, 0.25) is 0 Å². The van der Waals surface area contributed by atoms with Crippen LogP contribution in [0.15, 0.2) is 58.5 Å². The number of hydrogen-bond acceptors (Lipinski definition) is 6. The zero-order valence-corrected chi connectivity index (χ0v) is 18.6. The largest absolute Gasteiger partial charge is 0.368 e. The molecular weight excluding hydrogens is 455 g/mol. The second kappa shape index (κ2) is 11.8. The molecule has 12 heteroatoms. The summed E-state index contributed by atoms with van der Waals surface area (Å²) < 4.78 is 0. The van der Waals surface area contributed by atoms with Gasteiger partial charge in [-0.2, -0.15) is 0 Å². The molecule has 170 valence electrons. The topological polar surface area (TPSA) is 131 Å². The van der Waals surface area contributed by atoms with Gasteiger partial charge in [0, 0.05) is 35.6 Å². The fourth-order valence-electron chi connectivity index (χ4n) is 3.04. The number of amides is 4. The van der Waals surface area contributed by atoms with Gasteiger partial charge in [0.2, 0.25) is 0 Å². The Bertz CT molecular complexity index is 912. The molecule has 0 bridgehead atoms. The van der Waals surface area contributed by atoms with Crippen LogP contribution < -0.4 is 32.1 Å². The Morgan fingerprint density at radius 3 is 1.34 bits per heavy atom. The van der Waals surface area contributed by atoms with E-state index in [0.29, 0.717) is 11.4 Å². The second-order valence-corrected chi connectivity index (χ2v) is 6.63. The molecule has 2 aromatic rings. The minimum absolute atomic E-state index is 0. The molecule has 4 amide bonds. The first-order valence-electron chi connectivity index (χ1n) is 9.59. The SMILES string of the molecule is Cl.Cl.O=C(NNC(=O)Nc1ccc(C2=NCCN2)cc1)Nc1ccc(C2=NCCN2)cc1. The lowest BCUT2D eigenvalue weighted by Gasteiger charge is -2.11. The average molecular weight is 479 g/mol. The van der Waals surface area contributed by atoms with Crippen LogP contribution >= 0.6 is 24.8 Å². The third-order valence-corrected chi connectivity index (χ3v) is 4.47. The lowest BCUT2D eigenvalue weighted by molar-refractivity contribution is 0.237. The van der Waals surface area contributed by atoms with Crippen LogP contribution in [0.4, 0.5) is 21.0 Å². The highest BCUT2D eigenvalue weighted by Gasteiger charge is 2.10. The van der Waals surface area contributed by atoms with E-state index in [1.54, 1.807) is 24.3 Å². The van der Waals surface area contributed by atoms with Crippen LogP contribution in [0.3, 0.4) is 0 Å².